The van der Waals surface area contributed by atoms with Crippen molar-refractivity contribution in [1.29, 1.82) is 0 Å². The Morgan fingerprint density at radius 2 is 1.81 bits per heavy atom. The number of fused-ring (bicyclic) bond motifs is 1. The summed E-state index contributed by atoms with van der Waals surface area (Å²) in [5, 5.41) is 0.996. The second kappa shape index (κ2) is 10.00. The van der Waals surface area contributed by atoms with Crippen molar-refractivity contribution in [1.82, 2.24) is 14.2 Å². The Balaban J connectivity index is 1.50. The largest absolute Gasteiger partial charge is 0.366 e. The smallest absolute Gasteiger partial charge is 0.250 e. The monoisotopic (exact) mass is 508 g/mol. The van der Waals surface area contributed by atoms with E-state index in [1.165, 1.54) is 18.4 Å². The molecule has 3 aromatic rings. The van der Waals surface area contributed by atoms with Crippen LogP contribution in [-0.4, -0.2) is 60.4 Å². The lowest BCUT2D eigenvalue weighted by molar-refractivity contribution is 0.100. The third-order valence-electron chi connectivity index (χ3n) is 8.13. The molecular weight excluding hydrogens is 472 g/mol. The zero-order valence-electron chi connectivity index (χ0n) is 21.2. The second-order valence-electron chi connectivity index (χ2n) is 10.2. The van der Waals surface area contributed by atoms with Crippen LogP contribution < -0.4 is 5.73 Å². The van der Waals surface area contributed by atoms with Crippen LogP contribution in [0.15, 0.2) is 42.6 Å². The number of aromatic nitrogens is 1. The fourth-order valence-corrected chi connectivity index (χ4v) is 7.03. The van der Waals surface area contributed by atoms with Crippen LogP contribution in [0, 0.1) is 0 Å². The number of nitrogens with one attached hydrogen (secondary N) is 1. The predicted octanol–water partition coefficient (Wildman–Crippen LogP) is 4.62. The van der Waals surface area contributed by atoms with Gasteiger partial charge in [0.05, 0.1) is 16.8 Å². The molecule has 192 valence electrons. The molecule has 5 rings (SSSR count). The maximum atomic E-state index is 12.4. The van der Waals surface area contributed by atoms with Crippen LogP contribution in [0.1, 0.15) is 73.0 Å². The van der Waals surface area contributed by atoms with E-state index < -0.39 is 15.9 Å². The van der Waals surface area contributed by atoms with Gasteiger partial charge in [-0.15, -0.1) is 0 Å². The summed E-state index contributed by atoms with van der Waals surface area (Å²) in [6, 6.07) is 13.0. The van der Waals surface area contributed by atoms with Crippen LogP contribution in [0.25, 0.3) is 22.0 Å². The lowest BCUT2D eigenvalue weighted by Crippen LogP contribution is -2.38. The number of likely N-dealkylation sites (tertiary alicyclic amines) is 1. The molecule has 1 unspecified atom stereocenters. The summed E-state index contributed by atoms with van der Waals surface area (Å²) in [5.74, 6) is -0.105. The van der Waals surface area contributed by atoms with E-state index in [1.807, 2.05) is 12.3 Å². The number of amides is 1. The summed E-state index contributed by atoms with van der Waals surface area (Å²) >= 11 is 0. The number of piperidine rings is 1. The average Bonchev–Trinajstić information content (AvgIpc) is 3.58. The van der Waals surface area contributed by atoms with Gasteiger partial charge in [0.25, 0.3) is 5.91 Å². The molecule has 0 saturated carbocycles. The highest BCUT2D eigenvalue weighted by atomic mass is 32.2. The van der Waals surface area contributed by atoms with Crippen LogP contribution in [0.5, 0.6) is 0 Å². The Hall–Kier alpha value is -2.68. The van der Waals surface area contributed by atoms with E-state index in [0.717, 1.165) is 53.5 Å². The Kier molecular flexibility index (Phi) is 6.94. The van der Waals surface area contributed by atoms with Crippen molar-refractivity contribution < 1.29 is 13.2 Å². The normalized spacial score (nSPS) is 19.2. The van der Waals surface area contributed by atoms with Crippen molar-refractivity contribution >= 4 is 26.8 Å². The van der Waals surface area contributed by atoms with E-state index >= 15 is 0 Å². The van der Waals surface area contributed by atoms with Crippen molar-refractivity contribution in [2.45, 2.75) is 51.5 Å². The predicted molar refractivity (Wildman–Crippen MR) is 144 cm³/mol. The number of aromatic amines is 1. The van der Waals surface area contributed by atoms with Crippen molar-refractivity contribution in [3.05, 3.63) is 59.3 Å². The minimum atomic E-state index is -3.17. The molecular formula is C28H36N4O3S. The van der Waals surface area contributed by atoms with E-state index in [2.05, 4.69) is 47.1 Å². The zero-order valence-corrected chi connectivity index (χ0v) is 22.0. The number of sulfonamides is 1. The molecule has 2 saturated heterocycles. The van der Waals surface area contributed by atoms with Crippen molar-refractivity contribution in [3.63, 3.8) is 0 Å². The zero-order chi connectivity index (χ0) is 25.4. The number of carbonyl (C=O) groups is 1. The highest BCUT2D eigenvalue weighted by Crippen LogP contribution is 2.38. The molecule has 3 heterocycles. The number of hydrogen-bond donors (Lipinski definition) is 2. The first-order valence-electron chi connectivity index (χ1n) is 13.1. The minimum absolute atomic E-state index is 0.130. The Bertz CT molecular complexity index is 1370. The summed E-state index contributed by atoms with van der Waals surface area (Å²) in [6.07, 6.45) is 5.99. The van der Waals surface area contributed by atoms with Gasteiger partial charge in [0.2, 0.25) is 10.0 Å². The molecule has 0 spiro atoms. The molecule has 3 N–H and O–H groups in total. The fourth-order valence-electron chi connectivity index (χ4n) is 5.90. The first-order valence-corrected chi connectivity index (χ1v) is 14.7. The van der Waals surface area contributed by atoms with Gasteiger partial charge >= 0.3 is 0 Å². The summed E-state index contributed by atoms with van der Waals surface area (Å²) in [7, 11) is -3.17. The first kappa shape index (κ1) is 25.0. The molecule has 2 aromatic carbocycles. The highest BCUT2D eigenvalue weighted by Gasteiger charge is 2.29. The molecule has 36 heavy (non-hydrogen) atoms. The van der Waals surface area contributed by atoms with Gasteiger partial charge in [0, 0.05) is 30.7 Å². The number of primary amides is 1. The van der Waals surface area contributed by atoms with Crippen molar-refractivity contribution in [2.75, 3.05) is 31.9 Å². The molecule has 0 aliphatic carbocycles. The molecule has 0 radical (unpaired) electrons. The highest BCUT2D eigenvalue weighted by molar-refractivity contribution is 7.89. The molecule has 7 nitrogen and oxygen atoms in total. The molecule has 1 aromatic heterocycles. The molecule has 2 fully saturated rings. The molecule has 0 bridgehead atoms. The number of H-pyrrole nitrogens is 1. The van der Waals surface area contributed by atoms with Gasteiger partial charge in [-0.1, -0.05) is 18.2 Å². The van der Waals surface area contributed by atoms with Crippen LogP contribution >= 0.6 is 0 Å². The maximum absolute atomic E-state index is 12.4. The quantitative estimate of drug-likeness (QED) is 0.486. The number of benzene rings is 2. The summed E-state index contributed by atoms with van der Waals surface area (Å²) in [4.78, 5) is 18.3. The van der Waals surface area contributed by atoms with Crippen molar-refractivity contribution in [2.24, 2.45) is 5.73 Å². The van der Waals surface area contributed by atoms with Gasteiger partial charge in [-0.05, 0) is 99.0 Å². The van der Waals surface area contributed by atoms with Gasteiger partial charge in [-0.25, -0.2) is 12.7 Å². The van der Waals surface area contributed by atoms with Gasteiger partial charge in [0.1, 0.15) is 0 Å². The number of hydrogen-bond acceptors (Lipinski definition) is 4. The Morgan fingerprint density at radius 3 is 2.47 bits per heavy atom. The Labute approximate surface area is 213 Å². The third-order valence-corrected chi connectivity index (χ3v) is 10.0. The van der Waals surface area contributed by atoms with E-state index in [1.54, 1.807) is 11.2 Å². The van der Waals surface area contributed by atoms with Crippen molar-refractivity contribution in [3.8, 4) is 11.1 Å². The van der Waals surface area contributed by atoms with E-state index in [9.17, 15) is 13.2 Å². The third kappa shape index (κ3) is 4.69. The lowest BCUT2D eigenvalue weighted by Gasteiger charge is -2.31. The minimum Gasteiger partial charge on any atom is -0.366 e. The number of nitrogens with two attached hydrogens (primary N) is 1. The molecule has 1 atom stereocenters. The summed E-state index contributed by atoms with van der Waals surface area (Å²) in [5.41, 5.74) is 11.5. The first-order chi connectivity index (χ1) is 17.3. The molecule has 8 heteroatoms. The SMILES string of the molecule is CCS(=O)(=O)N1CCC(c2c[nH]c3c(C(N)=O)cc(-c4cccc(C(C)N5CCCC5)c4)cc23)CC1. The number of carbonyl (C=O) groups excluding carboxylic acids is 1. The second-order valence-corrected chi connectivity index (χ2v) is 12.4. The van der Waals surface area contributed by atoms with E-state index in [0.29, 0.717) is 24.7 Å². The number of nitrogens with zero attached hydrogens (tertiary/aromatic N) is 2. The summed E-state index contributed by atoms with van der Waals surface area (Å²) in [6.45, 7) is 7.26. The topological polar surface area (TPSA) is 99.5 Å². The average molecular weight is 509 g/mol. The van der Waals surface area contributed by atoms with Gasteiger partial charge in [-0.2, -0.15) is 0 Å². The molecule has 2 aliphatic heterocycles. The van der Waals surface area contributed by atoms with E-state index in [-0.39, 0.29) is 11.7 Å². The Morgan fingerprint density at radius 1 is 1.08 bits per heavy atom. The van der Waals surface area contributed by atoms with Crippen LogP contribution in [0.4, 0.5) is 0 Å². The van der Waals surface area contributed by atoms with Crippen LogP contribution in [0.2, 0.25) is 0 Å². The standard InChI is InChI=1S/C28H36N4O3S/c1-3-36(34,35)32-13-9-20(10-14-32)26-18-30-27-24(26)16-23(17-25(27)28(29)33)22-8-6-7-21(15-22)19(2)31-11-4-5-12-31/h6-8,15-20,30H,3-5,9-14H2,1-2H3,(H2,29,33). The van der Waals surface area contributed by atoms with Gasteiger partial charge in [-0.3, -0.25) is 9.69 Å². The maximum Gasteiger partial charge on any atom is 0.250 e. The van der Waals surface area contributed by atoms with Gasteiger partial charge < -0.3 is 10.7 Å². The fraction of sp³-hybridized carbons (Fsp3) is 0.464. The summed E-state index contributed by atoms with van der Waals surface area (Å²) < 4.78 is 26.2. The van der Waals surface area contributed by atoms with Crippen LogP contribution in [-0.2, 0) is 10.0 Å². The van der Waals surface area contributed by atoms with E-state index in [4.69, 9.17) is 5.73 Å². The number of rotatable bonds is 7. The van der Waals surface area contributed by atoms with Gasteiger partial charge in [0.15, 0.2) is 0 Å². The molecule has 1 amide bonds. The lowest BCUT2D eigenvalue weighted by atomic mass is 9.88. The molecule has 2 aliphatic rings. The van der Waals surface area contributed by atoms with Crippen LogP contribution in [0.3, 0.4) is 0 Å².